The Morgan fingerprint density at radius 1 is 0.897 bits per heavy atom. The zero-order chi connectivity index (χ0) is 21.2. The van der Waals surface area contributed by atoms with Crippen LogP contribution in [0.1, 0.15) is 11.1 Å². The third-order valence-electron chi connectivity index (χ3n) is 4.33. The van der Waals surface area contributed by atoms with E-state index in [0.29, 0.717) is 0 Å². The molecule has 0 saturated carbocycles. The Labute approximate surface area is 167 Å². The van der Waals surface area contributed by atoms with E-state index >= 15 is 0 Å². The summed E-state index contributed by atoms with van der Waals surface area (Å²) in [7, 11) is 0. The number of carboxylic acids is 1. The van der Waals surface area contributed by atoms with Crippen molar-refractivity contribution in [1.29, 1.82) is 0 Å². The summed E-state index contributed by atoms with van der Waals surface area (Å²) < 4.78 is 54.4. The van der Waals surface area contributed by atoms with E-state index in [2.05, 4.69) is 4.98 Å². The highest BCUT2D eigenvalue weighted by Crippen LogP contribution is 2.50. The first-order valence-corrected chi connectivity index (χ1v) is 9.09. The molecule has 3 N–H and O–H groups in total. The van der Waals surface area contributed by atoms with E-state index in [1.807, 2.05) is 0 Å². The lowest BCUT2D eigenvalue weighted by atomic mass is 9.84. The number of pyridine rings is 1. The van der Waals surface area contributed by atoms with Crippen molar-refractivity contribution in [2.45, 2.75) is 15.7 Å². The lowest BCUT2D eigenvalue weighted by molar-refractivity contribution is -0.139. The average Bonchev–Trinajstić information content (AvgIpc) is 2.73. The predicted molar refractivity (Wildman–Crippen MR) is 99.2 cm³/mol. The number of aromatic nitrogens is 1. The van der Waals surface area contributed by atoms with Gasteiger partial charge in [-0.05, 0) is 11.1 Å². The smallest absolute Gasteiger partial charge is 0.322 e. The molecule has 0 aliphatic carbocycles. The minimum Gasteiger partial charge on any atom is -0.480 e. The van der Waals surface area contributed by atoms with Crippen LogP contribution in [-0.2, 0) is 9.54 Å². The topological polar surface area (TPSA) is 76.2 Å². The number of thioether (sulfide) groups is 1. The molecule has 0 aliphatic heterocycles. The molecule has 0 saturated heterocycles. The molecule has 0 bridgehead atoms. The van der Waals surface area contributed by atoms with Crippen molar-refractivity contribution < 1.29 is 27.5 Å². The molecule has 1 aromatic heterocycles. The highest BCUT2D eigenvalue weighted by atomic mass is 32.2. The number of hydrogen-bond donors (Lipinski definition) is 2. The number of carbonyl (C=O) groups is 1. The Morgan fingerprint density at radius 3 is 1.69 bits per heavy atom. The van der Waals surface area contributed by atoms with Gasteiger partial charge in [0, 0.05) is 0 Å². The predicted octanol–water partition coefficient (Wildman–Crippen LogP) is 4.09. The highest BCUT2D eigenvalue weighted by molar-refractivity contribution is 8.00. The molecule has 2 aromatic carbocycles. The van der Waals surface area contributed by atoms with Gasteiger partial charge in [-0.25, -0.2) is 8.78 Å². The van der Waals surface area contributed by atoms with Crippen LogP contribution < -0.4 is 5.73 Å². The highest BCUT2D eigenvalue weighted by Gasteiger charge is 2.47. The van der Waals surface area contributed by atoms with Gasteiger partial charge in [-0.1, -0.05) is 60.7 Å². The Bertz CT molecular complexity index is 970. The van der Waals surface area contributed by atoms with Gasteiger partial charge >= 0.3 is 5.97 Å². The largest absolute Gasteiger partial charge is 0.480 e. The minimum atomic E-state index is -1.84. The van der Waals surface area contributed by atoms with Gasteiger partial charge in [0.1, 0.15) is 6.04 Å². The van der Waals surface area contributed by atoms with Gasteiger partial charge in [-0.3, -0.25) is 4.79 Å². The first-order valence-electron chi connectivity index (χ1n) is 8.27. The second kappa shape index (κ2) is 8.22. The van der Waals surface area contributed by atoms with Crippen LogP contribution in [-0.4, -0.2) is 22.1 Å². The minimum absolute atomic E-state index is 0.280. The summed E-state index contributed by atoms with van der Waals surface area (Å²) in [5, 5.41) is 9.68. The van der Waals surface area contributed by atoms with E-state index in [1.54, 1.807) is 36.4 Å². The first-order chi connectivity index (χ1) is 13.8. The third-order valence-corrected chi connectivity index (χ3v) is 5.94. The molecule has 1 unspecified atom stereocenters. The fourth-order valence-electron chi connectivity index (χ4n) is 2.97. The lowest BCUT2D eigenvalue weighted by Crippen LogP contribution is -2.49. The fourth-order valence-corrected chi connectivity index (χ4v) is 4.38. The van der Waals surface area contributed by atoms with Crippen molar-refractivity contribution in [3.63, 3.8) is 0 Å². The monoisotopic (exact) mass is 422 g/mol. The summed E-state index contributed by atoms with van der Waals surface area (Å²) in [6, 6.07) is 14.0. The van der Waals surface area contributed by atoms with Gasteiger partial charge in [0.15, 0.2) is 11.6 Å². The number of halogens is 4. The number of hydrogen-bond acceptors (Lipinski definition) is 4. The van der Waals surface area contributed by atoms with E-state index in [1.165, 1.54) is 24.3 Å². The maximum absolute atomic E-state index is 14.4. The summed E-state index contributed by atoms with van der Waals surface area (Å²) in [5.74, 6) is -8.62. The Balaban J connectivity index is 2.36. The van der Waals surface area contributed by atoms with Crippen LogP contribution in [0.25, 0.3) is 0 Å². The van der Waals surface area contributed by atoms with Gasteiger partial charge in [0.2, 0.25) is 0 Å². The fraction of sp³-hybridized carbons (Fsp3) is 0.100. The summed E-state index contributed by atoms with van der Waals surface area (Å²) in [6.07, 6.45) is 0. The molecular weight excluding hydrogens is 408 g/mol. The molecule has 1 atom stereocenters. The molecule has 0 aliphatic rings. The third kappa shape index (κ3) is 3.70. The van der Waals surface area contributed by atoms with Crippen LogP contribution in [0.4, 0.5) is 17.6 Å². The molecular formula is C20H14F4N2O2S. The zero-order valence-electron chi connectivity index (χ0n) is 14.7. The molecule has 0 spiro atoms. The molecule has 0 radical (unpaired) electrons. The van der Waals surface area contributed by atoms with Crippen LogP contribution in [0.2, 0.25) is 0 Å². The number of nitrogens with zero attached hydrogens (tertiary/aromatic N) is 1. The second-order valence-electron chi connectivity index (χ2n) is 6.04. The van der Waals surface area contributed by atoms with Crippen molar-refractivity contribution in [2.24, 2.45) is 5.73 Å². The first kappa shape index (κ1) is 20.8. The maximum Gasteiger partial charge on any atom is 0.322 e. The number of carboxylic acid groups (broad SMARTS) is 1. The number of benzene rings is 2. The quantitative estimate of drug-likeness (QED) is 0.356. The summed E-state index contributed by atoms with van der Waals surface area (Å²) in [6.45, 7) is 0. The van der Waals surface area contributed by atoms with Crippen molar-refractivity contribution in [3.05, 3.63) is 95.3 Å². The molecule has 4 nitrogen and oxygen atoms in total. The van der Waals surface area contributed by atoms with E-state index < -0.39 is 45.2 Å². The molecule has 0 fully saturated rings. The van der Waals surface area contributed by atoms with Crippen molar-refractivity contribution in [2.75, 3.05) is 0 Å². The summed E-state index contributed by atoms with van der Waals surface area (Å²) >= 11 is 0.285. The second-order valence-corrected chi connectivity index (χ2v) is 7.29. The molecule has 1 heterocycles. The van der Waals surface area contributed by atoms with Crippen LogP contribution >= 0.6 is 11.8 Å². The van der Waals surface area contributed by atoms with Gasteiger partial charge < -0.3 is 10.8 Å². The van der Waals surface area contributed by atoms with E-state index in [4.69, 9.17) is 5.73 Å². The van der Waals surface area contributed by atoms with Crippen molar-refractivity contribution in [3.8, 4) is 0 Å². The molecule has 150 valence electrons. The van der Waals surface area contributed by atoms with Crippen LogP contribution in [0.15, 0.2) is 65.6 Å². The molecule has 3 aromatic rings. The zero-order valence-corrected chi connectivity index (χ0v) is 15.5. The molecule has 9 heteroatoms. The number of nitrogens with two attached hydrogens (primary N) is 1. The van der Waals surface area contributed by atoms with E-state index in [-0.39, 0.29) is 22.9 Å². The molecule has 29 heavy (non-hydrogen) atoms. The van der Waals surface area contributed by atoms with Gasteiger partial charge in [-0.15, -0.1) is 11.8 Å². The van der Waals surface area contributed by atoms with Gasteiger partial charge in [0.05, 0.1) is 9.64 Å². The van der Waals surface area contributed by atoms with Gasteiger partial charge in [-0.2, -0.15) is 13.8 Å². The van der Waals surface area contributed by atoms with Gasteiger partial charge in [0.25, 0.3) is 11.9 Å². The Kier molecular flexibility index (Phi) is 5.90. The van der Waals surface area contributed by atoms with Crippen LogP contribution in [0.5, 0.6) is 0 Å². The molecule has 0 amide bonds. The van der Waals surface area contributed by atoms with E-state index in [0.717, 1.165) is 0 Å². The van der Waals surface area contributed by atoms with E-state index in [9.17, 15) is 27.5 Å². The normalized spacial score (nSPS) is 12.6. The van der Waals surface area contributed by atoms with Crippen molar-refractivity contribution >= 4 is 17.7 Å². The number of rotatable bonds is 6. The van der Waals surface area contributed by atoms with Crippen LogP contribution in [0, 0.1) is 23.5 Å². The number of aliphatic carboxylic acids is 1. The summed E-state index contributed by atoms with van der Waals surface area (Å²) in [4.78, 5) is 13.4. The average molecular weight is 422 g/mol. The summed E-state index contributed by atoms with van der Waals surface area (Å²) in [5.41, 5.74) is 6.58. The Hall–Kier alpha value is -2.91. The Morgan fingerprint density at radius 2 is 1.31 bits per heavy atom. The van der Waals surface area contributed by atoms with Crippen molar-refractivity contribution in [1.82, 2.24) is 4.98 Å². The molecule has 3 rings (SSSR count). The SMILES string of the molecule is NC(C(=O)O)C(Sc1c(F)c(F)nc(F)c1F)(c1ccccc1)c1ccccc1. The van der Waals surface area contributed by atoms with Crippen LogP contribution in [0.3, 0.4) is 0 Å². The standard InChI is InChI=1S/C20H14F4N2O2S/c21-13-15(14(22)18(24)26-17(13)23)29-20(16(25)19(27)28,11-7-3-1-4-8-11)12-9-5-2-6-10-12/h1-10,16H,25H2,(H,27,28). The lowest BCUT2D eigenvalue weighted by Gasteiger charge is -2.37. The maximum atomic E-state index is 14.4.